The molecule has 0 aromatic carbocycles. The third-order valence-corrected chi connectivity index (χ3v) is 5.76. The summed E-state index contributed by atoms with van der Waals surface area (Å²) in [5.74, 6) is 1.14. The predicted octanol–water partition coefficient (Wildman–Crippen LogP) is 1.09. The number of aromatic nitrogens is 4. The number of carbonyl (C=O) groups excluding carboxylic acids is 1. The van der Waals surface area contributed by atoms with E-state index in [2.05, 4.69) is 39.0 Å². The Kier molecular flexibility index (Phi) is 4.59. The summed E-state index contributed by atoms with van der Waals surface area (Å²) in [6.45, 7) is 6.50. The number of aromatic amines is 1. The SMILES string of the molecule is CCOC(=O)[C@@H]1[C@H]2CN(Cc3nc4c(cnn4C)c(=O)[nH]3)C[C@@H]2C=C[C@@H]1C. The highest BCUT2D eigenvalue weighted by Crippen LogP contribution is 2.40. The number of fused-ring (bicyclic) bond motifs is 2. The van der Waals surface area contributed by atoms with Crippen LogP contribution in [0.1, 0.15) is 19.7 Å². The monoisotopic (exact) mass is 371 g/mol. The lowest BCUT2D eigenvalue weighted by Gasteiger charge is -2.32. The van der Waals surface area contributed by atoms with Gasteiger partial charge < -0.3 is 9.72 Å². The summed E-state index contributed by atoms with van der Waals surface area (Å²) in [4.78, 5) is 34.4. The van der Waals surface area contributed by atoms with E-state index in [0.717, 1.165) is 13.1 Å². The molecule has 1 fully saturated rings. The van der Waals surface area contributed by atoms with Crippen molar-refractivity contribution < 1.29 is 9.53 Å². The largest absolute Gasteiger partial charge is 0.466 e. The molecule has 2 aliphatic rings. The molecule has 1 aliphatic carbocycles. The smallest absolute Gasteiger partial charge is 0.309 e. The van der Waals surface area contributed by atoms with Gasteiger partial charge in [-0.3, -0.25) is 19.2 Å². The average Bonchev–Trinajstić information content (AvgIpc) is 3.19. The van der Waals surface area contributed by atoms with Gasteiger partial charge in [-0.25, -0.2) is 4.98 Å². The molecule has 1 saturated heterocycles. The highest BCUT2D eigenvalue weighted by Gasteiger charge is 2.44. The van der Waals surface area contributed by atoms with E-state index in [-0.39, 0.29) is 29.3 Å². The number of nitrogens with one attached hydrogen (secondary N) is 1. The summed E-state index contributed by atoms with van der Waals surface area (Å²) in [5, 5.41) is 4.60. The van der Waals surface area contributed by atoms with Gasteiger partial charge in [-0.2, -0.15) is 5.10 Å². The van der Waals surface area contributed by atoms with Gasteiger partial charge in [0.15, 0.2) is 5.65 Å². The molecule has 4 atom stereocenters. The fraction of sp³-hybridized carbons (Fsp3) is 0.579. The second-order valence-corrected chi connectivity index (χ2v) is 7.56. The van der Waals surface area contributed by atoms with Crippen LogP contribution in [0.15, 0.2) is 23.1 Å². The van der Waals surface area contributed by atoms with Crippen LogP contribution < -0.4 is 5.56 Å². The van der Waals surface area contributed by atoms with Crippen LogP contribution in [0.25, 0.3) is 11.0 Å². The summed E-state index contributed by atoms with van der Waals surface area (Å²) in [5.41, 5.74) is 0.418. The molecule has 2 aromatic rings. The number of hydrogen-bond acceptors (Lipinski definition) is 6. The Morgan fingerprint density at radius 1 is 1.37 bits per heavy atom. The fourth-order valence-electron chi connectivity index (χ4n) is 4.47. The molecule has 0 bridgehead atoms. The Bertz CT molecular complexity index is 946. The van der Waals surface area contributed by atoms with Crippen molar-refractivity contribution >= 4 is 17.0 Å². The topological polar surface area (TPSA) is 93.1 Å². The van der Waals surface area contributed by atoms with Crippen LogP contribution in [0.4, 0.5) is 0 Å². The molecule has 0 amide bonds. The van der Waals surface area contributed by atoms with Crippen molar-refractivity contribution in [1.29, 1.82) is 0 Å². The molecule has 2 aromatic heterocycles. The zero-order valence-corrected chi connectivity index (χ0v) is 15.9. The third kappa shape index (κ3) is 3.18. The Balaban J connectivity index is 1.54. The lowest BCUT2D eigenvalue weighted by Crippen LogP contribution is -2.37. The van der Waals surface area contributed by atoms with Gasteiger partial charge >= 0.3 is 5.97 Å². The molecule has 0 unspecified atom stereocenters. The second-order valence-electron chi connectivity index (χ2n) is 7.56. The van der Waals surface area contributed by atoms with Gasteiger partial charge in [0, 0.05) is 20.1 Å². The van der Waals surface area contributed by atoms with Crippen molar-refractivity contribution in [2.24, 2.45) is 30.7 Å². The zero-order valence-electron chi connectivity index (χ0n) is 15.9. The standard InChI is InChI=1S/C19H25N5O3/c1-4-27-19(26)16-11(2)5-6-12-8-24(9-14(12)16)10-15-21-17-13(18(25)22-15)7-20-23(17)3/h5-7,11-12,14,16H,4,8-10H2,1-3H3,(H,21,22,25)/t11-,12-,14-,16-/m0/s1. The maximum atomic E-state index is 12.5. The molecule has 0 radical (unpaired) electrons. The number of esters is 1. The number of aryl methyl sites for hydroxylation is 1. The van der Waals surface area contributed by atoms with Gasteiger partial charge in [0.1, 0.15) is 11.2 Å². The van der Waals surface area contributed by atoms with Gasteiger partial charge in [-0.05, 0) is 24.7 Å². The van der Waals surface area contributed by atoms with Gasteiger partial charge in [0.05, 0.1) is 25.3 Å². The number of rotatable bonds is 4. The lowest BCUT2D eigenvalue weighted by atomic mass is 9.72. The molecular weight excluding hydrogens is 346 g/mol. The van der Waals surface area contributed by atoms with E-state index in [0.29, 0.717) is 35.9 Å². The highest BCUT2D eigenvalue weighted by molar-refractivity contribution is 5.74. The minimum atomic E-state index is -0.169. The van der Waals surface area contributed by atoms with Crippen LogP contribution in [-0.2, 0) is 23.1 Å². The first kappa shape index (κ1) is 17.9. The van der Waals surface area contributed by atoms with Crippen molar-refractivity contribution in [1.82, 2.24) is 24.6 Å². The van der Waals surface area contributed by atoms with E-state index in [1.165, 1.54) is 6.20 Å². The number of carbonyl (C=O) groups is 1. The first-order valence-corrected chi connectivity index (χ1v) is 9.46. The van der Waals surface area contributed by atoms with Crippen LogP contribution in [0, 0.1) is 23.7 Å². The number of ether oxygens (including phenoxy) is 1. The average molecular weight is 371 g/mol. The fourth-order valence-corrected chi connectivity index (χ4v) is 4.47. The van der Waals surface area contributed by atoms with Crippen molar-refractivity contribution in [3.63, 3.8) is 0 Å². The van der Waals surface area contributed by atoms with Crippen LogP contribution in [0.5, 0.6) is 0 Å². The third-order valence-electron chi connectivity index (χ3n) is 5.76. The number of H-pyrrole nitrogens is 1. The summed E-state index contributed by atoms with van der Waals surface area (Å²) in [6, 6.07) is 0. The van der Waals surface area contributed by atoms with Crippen LogP contribution in [0.2, 0.25) is 0 Å². The van der Waals surface area contributed by atoms with Crippen molar-refractivity contribution in [3.05, 3.63) is 34.5 Å². The van der Waals surface area contributed by atoms with Crippen molar-refractivity contribution in [2.75, 3.05) is 19.7 Å². The Labute approximate surface area is 157 Å². The van der Waals surface area contributed by atoms with Crippen molar-refractivity contribution in [3.8, 4) is 0 Å². The number of allylic oxidation sites excluding steroid dienone is 1. The summed E-state index contributed by atoms with van der Waals surface area (Å²) >= 11 is 0. The maximum absolute atomic E-state index is 12.5. The van der Waals surface area contributed by atoms with Crippen LogP contribution >= 0.6 is 0 Å². The highest BCUT2D eigenvalue weighted by atomic mass is 16.5. The summed E-state index contributed by atoms with van der Waals surface area (Å²) in [6.07, 6.45) is 5.89. The first-order chi connectivity index (χ1) is 13.0. The van der Waals surface area contributed by atoms with Crippen LogP contribution in [-0.4, -0.2) is 50.3 Å². The minimum absolute atomic E-state index is 0.103. The zero-order chi connectivity index (χ0) is 19.1. The molecule has 144 valence electrons. The molecular formula is C19H25N5O3. The second kappa shape index (κ2) is 6.92. The quantitative estimate of drug-likeness (QED) is 0.639. The lowest BCUT2D eigenvalue weighted by molar-refractivity contribution is -0.152. The Morgan fingerprint density at radius 2 is 2.19 bits per heavy atom. The van der Waals surface area contributed by atoms with E-state index >= 15 is 0 Å². The Morgan fingerprint density at radius 3 is 2.96 bits per heavy atom. The molecule has 1 aliphatic heterocycles. The number of nitrogens with zero attached hydrogens (tertiary/aromatic N) is 4. The Hall–Kier alpha value is -2.48. The van der Waals surface area contributed by atoms with Crippen LogP contribution in [0.3, 0.4) is 0 Å². The van der Waals surface area contributed by atoms with Crippen molar-refractivity contribution in [2.45, 2.75) is 20.4 Å². The van der Waals surface area contributed by atoms with E-state index < -0.39 is 0 Å². The summed E-state index contributed by atoms with van der Waals surface area (Å²) in [7, 11) is 1.78. The van der Waals surface area contributed by atoms with E-state index in [1.54, 1.807) is 11.7 Å². The van der Waals surface area contributed by atoms with E-state index in [9.17, 15) is 9.59 Å². The van der Waals surface area contributed by atoms with E-state index in [1.807, 2.05) is 6.92 Å². The summed E-state index contributed by atoms with van der Waals surface area (Å²) < 4.78 is 6.93. The molecule has 1 N–H and O–H groups in total. The first-order valence-electron chi connectivity index (χ1n) is 9.46. The van der Waals surface area contributed by atoms with Gasteiger partial charge in [-0.1, -0.05) is 19.1 Å². The number of hydrogen-bond donors (Lipinski definition) is 1. The van der Waals surface area contributed by atoms with E-state index in [4.69, 9.17) is 4.74 Å². The van der Waals surface area contributed by atoms with Gasteiger partial charge in [0.25, 0.3) is 5.56 Å². The molecule has 0 saturated carbocycles. The maximum Gasteiger partial charge on any atom is 0.309 e. The molecule has 3 heterocycles. The predicted molar refractivity (Wildman–Crippen MR) is 99.8 cm³/mol. The molecule has 0 spiro atoms. The molecule has 8 nitrogen and oxygen atoms in total. The number of likely N-dealkylation sites (tertiary alicyclic amines) is 1. The normalized spacial score (nSPS) is 27.8. The van der Waals surface area contributed by atoms with Gasteiger partial charge in [0.2, 0.25) is 0 Å². The molecule has 4 rings (SSSR count). The molecule has 27 heavy (non-hydrogen) atoms. The molecule has 8 heteroatoms. The minimum Gasteiger partial charge on any atom is -0.466 e. The van der Waals surface area contributed by atoms with Gasteiger partial charge in [-0.15, -0.1) is 0 Å².